The van der Waals surface area contributed by atoms with E-state index in [-0.39, 0.29) is 0 Å². The van der Waals surface area contributed by atoms with Crippen LogP contribution in [-0.2, 0) is 16.1 Å². The minimum absolute atomic E-state index is 0.484. The maximum atomic E-state index is 11.0. The summed E-state index contributed by atoms with van der Waals surface area (Å²) in [6, 6.07) is 5.56. The van der Waals surface area contributed by atoms with Crippen molar-refractivity contribution in [2.24, 2.45) is 5.73 Å². The van der Waals surface area contributed by atoms with Gasteiger partial charge in [-0.05, 0) is 30.7 Å². The van der Waals surface area contributed by atoms with Gasteiger partial charge in [-0.25, -0.2) is 0 Å². The molecule has 0 spiro atoms. The van der Waals surface area contributed by atoms with Crippen molar-refractivity contribution in [3.8, 4) is 5.75 Å². The number of halogens is 1. The van der Waals surface area contributed by atoms with Gasteiger partial charge in [0.2, 0.25) is 0 Å². The lowest BCUT2D eigenvalue weighted by atomic mass is 10.2. The number of hydrogen-bond donors (Lipinski definition) is 2. The summed E-state index contributed by atoms with van der Waals surface area (Å²) in [7, 11) is 1.66. The third-order valence-electron chi connectivity index (χ3n) is 2.53. The van der Waals surface area contributed by atoms with Gasteiger partial charge in [0, 0.05) is 24.7 Å². The van der Waals surface area contributed by atoms with Crippen molar-refractivity contribution in [2.45, 2.75) is 19.6 Å². The summed E-state index contributed by atoms with van der Waals surface area (Å²) in [5, 5.41) is 3.24. The Morgan fingerprint density at radius 2 is 2.26 bits per heavy atom. The average Bonchev–Trinajstić information content (AvgIpc) is 2.38. The molecule has 0 aliphatic heterocycles. The van der Waals surface area contributed by atoms with Gasteiger partial charge in [0.1, 0.15) is 5.75 Å². The smallest absolute Gasteiger partial charge is 0.258 e. The van der Waals surface area contributed by atoms with Crippen LogP contribution in [0.5, 0.6) is 5.75 Å². The number of carbonyl (C=O) groups excluding carboxylic acids is 1. The molecule has 0 aliphatic carbocycles. The molecule has 0 bridgehead atoms. The molecule has 0 saturated heterocycles. The zero-order chi connectivity index (χ0) is 14.3. The summed E-state index contributed by atoms with van der Waals surface area (Å²) in [5.74, 6) is 0.140. The van der Waals surface area contributed by atoms with Crippen LogP contribution in [0, 0.1) is 0 Å². The Balaban J connectivity index is 2.63. The molecule has 0 aromatic heterocycles. The van der Waals surface area contributed by atoms with Crippen LogP contribution in [0.4, 0.5) is 0 Å². The van der Waals surface area contributed by atoms with Crippen molar-refractivity contribution >= 4 is 21.8 Å². The van der Waals surface area contributed by atoms with Gasteiger partial charge in [-0.15, -0.1) is 0 Å². The van der Waals surface area contributed by atoms with Crippen molar-refractivity contribution in [1.29, 1.82) is 0 Å². The fourth-order valence-corrected chi connectivity index (χ4v) is 1.81. The van der Waals surface area contributed by atoms with E-state index in [1.807, 2.05) is 12.1 Å². The molecule has 1 rings (SSSR count). The van der Waals surface area contributed by atoms with E-state index in [0.29, 0.717) is 18.9 Å². The number of carbonyl (C=O) groups is 1. The summed E-state index contributed by atoms with van der Waals surface area (Å²) < 4.78 is 11.4. The quantitative estimate of drug-likeness (QED) is 0.707. The highest BCUT2D eigenvalue weighted by Crippen LogP contribution is 2.23. The molecule has 1 aromatic rings. The fourth-order valence-electron chi connectivity index (χ4n) is 1.42. The lowest BCUT2D eigenvalue weighted by Gasteiger charge is -2.13. The van der Waals surface area contributed by atoms with Crippen molar-refractivity contribution in [2.75, 3.05) is 20.3 Å². The van der Waals surface area contributed by atoms with Gasteiger partial charge in [-0.2, -0.15) is 0 Å². The first kappa shape index (κ1) is 15.9. The lowest BCUT2D eigenvalue weighted by Crippen LogP contribution is -2.30. The summed E-state index contributed by atoms with van der Waals surface area (Å²) in [5.41, 5.74) is 6.21. The van der Waals surface area contributed by atoms with E-state index in [4.69, 9.17) is 15.2 Å². The zero-order valence-electron chi connectivity index (χ0n) is 11.1. The predicted molar refractivity (Wildman–Crippen MR) is 77.0 cm³/mol. The van der Waals surface area contributed by atoms with E-state index in [1.165, 1.54) is 0 Å². The number of methoxy groups -OCH3 is 1. The molecule has 0 saturated carbocycles. The number of hydrogen-bond acceptors (Lipinski definition) is 4. The highest BCUT2D eigenvalue weighted by Gasteiger charge is 2.11. The third-order valence-corrected chi connectivity index (χ3v) is 3.30. The molecule has 0 radical (unpaired) electrons. The Labute approximate surface area is 121 Å². The standard InChI is InChI=1S/C13H19BrN2O3/c1-9(13(15)17)19-11-3-4-12(14)10(7-11)8-16-5-6-18-2/h3-4,7,9,16H,5-6,8H2,1-2H3,(H2,15,17). The van der Waals surface area contributed by atoms with E-state index in [9.17, 15) is 4.79 Å². The Morgan fingerprint density at radius 1 is 1.53 bits per heavy atom. The molecule has 19 heavy (non-hydrogen) atoms. The monoisotopic (exact) mass is 330 g/mol. The maximum absolute atomic E-state index is 11.0. The second kappa shape index (κ2) is 8.14. The molecule has 0 fully saturated rings. The minimum atomic E-state index is -0.643. The Bertz CT molecular complexity index is 426. The molecule has 0 heterocycles. The van der Waals surface area contributed by atoms with Crippen LogP contribution in [0.25, 0.3) is 0 Å². The Hall–Kier alpha value is -1.11. The average molecular weight is 331 g/mol. The van der Waals surface area contributed by atoms with E-state index < -0.39 is 12.0 Å². The molecule has 6 heteroatoms. The highest BCUT2D eigenvalue weighted by molar-refractivity contribution is 9.10. The van der Waals surface area contributed by atoms with E-state index in [2.05, 4.69) is 21.2 Å². The Morgan fingerprint density at radius 3 is 2.89 bits per heavy atom. The fraction of sp³-hybridized carbons (Fsp3) is 0.462. The van der Waals surface area contributed by atoms with Crippen molar-refractivity contribution < 1.29 is 14.3 Å². The first-order valence-electron chi connectivity index (χ1n) is 5.98. The first-order chi connectivity index (χ1) is 9.04. The molecule has 106 valence electrons. The topological polar surface area (TPSA) is 73.6 Å². The minimum Gasteiger partial charge on any atom is -0.481 e. The number of primary amides is 1. The molecular formula is C13H19BrN2O3. The number of rotatable bonds is 8. The van der Waals surface area contributed by atoms with Gasteiger partial charge < -0.3 is 20.5 Å². The second-order valence-corrected chi connectivity index (χ2v) is 4.94. The van der Waals surface area contributed by atoms with Crippen molar-refractivity contribution in [3.05, 3.63) is 28.2 Å². The van der Waals surface area contributed by atoms with E-state index in [1.54, 1.807) is 20.1 Å². The number of nitrogens with two attached hydrogens (primary N) is 1. The van der Waals surface area contributed by atoms with Crippen LogP contribution < -0.4 is 15.8 Å². The number of benzene rings is 1. The number of ether oxygens (including phenoxy) is 2. The van der Waals surface area contributed by atoms with Gasteiger partial charge in [-0.3, -0.25) is 4.79 Å². The molecule has 0 aliphatic rings. The van der Waals surface area contributed by atoms with Gasteiger partial charge in [0.15, 0.2) is 6.10 Å². The SMILES string of the molecule is COCCNCc1cc(OC(C)C(N)=O)ccc1Br. The van der Waals surface area contributed by atoms with Crippen LogP contribution in [0.1, 0.15) is 12.5 Å². The second-order valence-electron chi connectivity index (χ2n) is 4.09. The van der Waals surface area contributed by atoms with Gasteiger partial charge in [0.05, 0.1) is 6.61 Å². The largest absolute Gasteiger partial charge is 0.481 e. The predicted octanol–water partition coefficient (Wildman–Crippen LogP) is 1.44. The van der Waals surface area contributed by atoms with Crippen LogP contribution in [-0.4, -0.2) is 32.3 Å². The summed E-state index contributed by atoms with van der Waals surface area (Å²) in [4.78, 5) is 11.0. The molecule has 5 nitrogen and oxygen atoms in total. The molecule has 1 atom stereocenters. The molecular weight excluding hydrogens is 312 g/mol. The number of amides is 1. The molecule has 1 aromatic carbocycles. The van der Waals surface area contributed by atoms with Crippen molar-refractivity contribution in [1.82, 2.24) is 5.32 Å². The van der Waals surface area contributed by atoms with E-state index >= 15 is 0 Å². The Kier molecular flexibility index (Phi) is 6.83. The first-order valence-corrected chi connectivity index (χ1v) is 6.78. The molecule has 1 unspecified atom stereocenters. The maximum Gasteiger partial charge on any atom is 0.258 e. The lowest BCUT2D eigenvalue weighted by molar-refractivity contribution is -0.123. The van der Waals surface area contributed by atoms with Gasteiger partial charge in [0.25, 0.3) is 5.91 Å². The van der Waals surface area contributed by atoms with Crippen LogP contribution in [0.3, 0.4) is 0 Å². The summed E-state index contributed by atoms with van der Waals surface area (Å²) in [6.45, 7) is 3.74. The van der Waals surface area contributed by atoms with Crippen LogP contribution in [0.15, 0.2) is 22.7 Å². The van der Waals surface area contributed by atoms with Crippen molar-refractivity contribution in [3.63, 3.8) is 0 Å². The summed E-state index contributed by atoms with van der Waals surface area (Å²) >= 11 is 3.48. The van der Waals surface area contributed by atoms with Gasteiger partial charge in [-0.1, -0.05) is 15.9 Å². The zero-order valence-corrected chi connectivity index (χ0v) is 12.7. The normalized spacial score (nSPS) is 12.2. The molecule has 1 amide bonds. The molecule has 3 N–H and O–H groups in total. The number of nitrogens with one attached hydrogen (secondary N) is 1. The summed E-state index contributed by atoms with van der Waals surface area (Å²) in [6.07, 6.45) is -0.643. The van der Waals surface area contributed by atoms with Crippen LogP contribution in [0.2, 0.25) is 0 Å². The highest BCUT2D eigenvalue weighted by atomic mass is 79.9. The van der Waals surface area contributed by atoms with Crippen LogP contribution >= 0.6 is 15.9 Å². The third kappa shape index (κ3) is 5.59. The van der Waals surface area contributed by atoms with E-state index in [0.717, 1.165) is 16.6 Å². The van der Waals surface area contributed by atoms with Gasteiger partial charge >= 0.3 is 0 Å².